The maximum absolute atomic E-state index is 13.7. The molecule has 1 N–H and O–H groups in total. The van der Waals surface area contributed by atoms with E-state index in [1.807, 2.05) is 0 Å². The first-order valence-corrected chi connectivity index (χ1v) is 7.33. The Morgan fingerprint density at radius 1 is 1.15 bits per heavy atom. The smallest absolute Gasteiger partial charge is 0.127 e. The molecule has 5 heteroatoms. The van der Waals surface area contributed by atoms with E-state index in [2.05, 4.69) is 15.1 Å². The summed E-state index contributed by atoms with van der Waals surface area (Å²) in [5.41, 5.74) is 0.464. The maximum atomic E-state index is 13.7. The third kappa shape index (κ3) is 3.16. The molecule has 0 amide bonds. The highest BCUT2D eigenvalue weighted by atomic mass is 19.1. The Morgan fingerprint density at radius 2 is 1.95 bits per heavy atom. The van der Waals surface area contributed by atoms with E-state index in [9.17, 15) is 8.78 Å². The number of nitrogens with zero attached hydrogens (tertiary/aromatic N) is 2. The van der Waals surface area contributed by atoms with Gasteiger partial charge in [-0.25, -0.2) is 8.78 Å². The van der Waals surface area contributed by atoms with E-state index in [4.69, 9.17) is 0 Å². The monoisotopic (exact) mass is 281 g/mol. The molecule has 0 spiro atoms. The van der Waals surface area contributed by atoms with E-state index < -0.39 is 0 Å². The van der Waals surface area contributed by atoms with Crippen LogP contribution < -0.4 is 5.32 Å². The van der Waals surface area contributed by atoms with Crippen molar-refractivity contribution in [2.24, 2.45) is 0 Å². The van der Waals surface area contributed by atoms with Crippen LogP contribution in [0.4, 0.5) is 8.78 Å². The van der Waals surface area contributed by atoms with Gasteiger partial charge in [-0.05, 0) is 24.6 Å². The van der Waals surface area contributed by atoms with Gasteiger partial charge in [0.1, 0.15) is 11.6 Å². The van der Waals surface area contributed by atoms with E-state index >= 15 is 0 Å². The molecule has 2 aliphatic heterocycles. The molecule has 0 radical (unpaired) electrons. The quantitative estimate of drug-likeness (QED) is 0.904. The zero-order chi connectivity index (χ0) is 13.9. The molecular formula is C15H21F2N3. The molecule has 1 aromatic carbocycles. The van der Waals surface area contributed by atoms with Crippen LogP contribution in [0.1, 0.15) is 12.0 Å². The highest BCUT2D eigenvalue weighted by Crippen LogP contribution is 2.20. The van der Waals surface area contributed by atoms with Crippen LogP contribution in [0.2, 0.25) is 0 Å². The fraction of sp³-hybridized carbons (Fsp3) is 0.600. The van der Waals surface area contributed by atoms with Gasteiger partial charge in [-0.3, -0.25) is 9.80 Å². The summed E-state index contributed by atoms with van der Waals surface area (Å²) in [5, 5.41) is 3.36. The number of hydrogen-bond acceptors (Lipinski definition) is 3. The zero-order valence-electron chi connectivity index (χ0n) is 11.6. The van der Waals surface area contributed by atoms with Crippen molar-refractivity contribution in [3.8, 4) is 0 Å². The third-order valence-corrected chi connectivity index (χ3v) is 4.32. The van der Waals surface area contributed by atoms with Crippen molar-refractivity contribution < 1.29 is 8.78 Å². The molecule has 0 saturated carbocycles. The standard InChI is InChI=1S/C15H21F2N3/c16-13-1-2-15(17)12(9-13)10-19-6-3-14(11-19)20-7-4-18-5-8-20/h1-2,9,14,18H,3-8,10-11H2. The van der Waals surface area contributed by atoms with E-state index in [0.717, 1.165) is 45.7 Å². The number of hydrogen-bond donors (Lipinski definition) is 1. The Balaban J connectivity index is 1.58. The molecule has 2 saturated heterocycles. The summed E-state index contributed by atoms with van der Waals surface area (Å²) in [4.78, 5) is 4.74. The van der Waals surface area contributed by atoms with Crippen molar-refractivity contribution in [3.05, 3.63) is 35.4 Å². The van der Waals surface area contributed by atoms with Crippen LogP contribution in [0, 0.1) is 11.6 Å². The highest BCUT2D eigenvalue weighted by molar-refractivity contribution is 5.18. The second-order valence-corrected chi connectivity index (χ2v) is 5.70. The predicted octanol–water partition coefficient (Wildman–Crippen LogP) is 1.44. The van der Waals surface area contributed by atoms with Gasteiger partial charge in [0, 0.05) is 57.4 Å². The minimum absolute atomic E-state index is 0.308. The number of piperazine rings is 1. The second kappa shape index (κ2) is 6.16. The maximum Gasteiger partial charge on any atom is 0.127 e. The molecule has 1 aromatic rings. The molecule has 1 unspecified atom stereocenters. The molecule has 0 aliphatic carbocycles. The topological polar surface area (TPSA) is 18.5 Å². The summed E-state index contributed by atoms with van der Waals surface area (Å²) in [7, 11) is 0. The van der Waals surface area contributed by atoms with E-state index in [1.54, 1.807) is 0 Å². The van der Waals surface area contributed by atoms with Crippen LogP contribution in [0.25, 0.3) is 0 Å². The van der Waals surface area contributed by atoms with Gasteiger partial charge in [0.2, 0.25) is 0 Å². The first kappa shape index (κ1) is 13.9. The summed E-state index contributed by atoms with van der Waals surface area (Å²) in [6.07, 6.45) is 1.12. The van der Waals surface area contributed by atoms with Crippen molar-refractivity contribution in [1.29, 1.82) is 0 Å². The molecule has 3 rings (SSSR count). The summed E-state index contributed by atoms with van der Waals surface area (Å²) in [5.74, 6) is -0.670. The number of likely N-dealkylation sites (tertiary alicyclic amines) is 1. The lowest BCUT2D eigenvalue weighted by atomic mass is 10.2. The summed E-state index contributed by atoms with van der Waals surface area (Å²) in [6.45, 7) is 6.70. The first-order chi connectivity index (χ1) is 9.72. The molecule has 2 fully saturated rings. The van der Waals surface area contributed by atoms with Crippen molar-refractivity contribution in [1.82, 2.24) is 15.1 Å². The van der Waals surface area contributed by atoms with Crippen LogP contribution in [-0.4, -0.2) is 55.1 Å². The van der Waals surface area contributed by atoms with Crippen LogP contribution >= 0.6 is 0 Å². The van der Waals surface area contributed by atoms with Crippen molar-refractivity contribution >= 4 is 0 Å². The average molecular weight is 281 g/mol. The van der Waals surface area contributed by atoms with Crippen LogP contribution in [0.15, 0.2) is 18.2 Å². The summed E-state index contributed by atoms with van der Waals surface area (Å²) in [6, 6.07) is 4.27. The lowest BCUT2D eigenvalue weighted by Crippen LogP contribution is -2.49. The average Bonchev–Trinajstić information content (AvgIpc) is 2.92. The molecule has 110 valence electrons. The zero-order valence-corrected chi connectivity index (χ0v) is 11.6. The van der Waals surface area contributed by atoms with Gasteiger partial charge in [-0.1, -0.05) is 0 Å². The fourth-order valence-corrected chi connectivity index (χ4v) is 3.21. The SMILES string of the molecule is Fc1ccc(F)c(CN2CCC(N3CCNCC3)C2)c1. The predicted molar refractivity (Wildman–Crippen MR) is 74.5 cm³/mol. The second-order valence-electron chi connectivity index (χ2n) is 5.70. The number of rotatable bonds is 3. The number of benzene rings is 1. The van der Waals surface area contributed by atoms with Crippen molar-refractivity contribution in [2.45, 2.75) is 19.0 Å². The minimum atomic E-state index is -0.362. The highest BCUT2D eigenvalue weighted by Gasteiger charge is 2.28. The molecular weight excluding hydrogens is 260 g/mol. The van der Waals surface area contributed by atoms with E-state index in [1.165, 1.54) is 18.2 Å². The van der Waals surface area contributed by atoms with Gasteiger partial charge in [-0.2, -0.15) is 0 Å². The van der Waals surface area contributed by atoms with Gasteiger partial charge in [0.15, 0.2) is 0 Å². The molecule has 3 nitrogen and oxygen atoms in total. The van der Waals surface area contributed by atoms with Gasteiger partial charge in [0.25, 0.3) is 0 Å². The van der Waals surface area contributed by atoms with Gasteiger partial charge in [0.05, 0.1) is 0 Å². The summed E-state index contributed by atoms with van der Waals surface area (Å²) < 4.78 is 26.9. The molecule has 20 heavy (non-hydrogen) atoms. The molecule has 2 aliphatic rings. The molecule has 0 bridgehead atoms. The Labute approximate surface area is 118 Å². The Kier molecular flexibility index (Phi) is 4.29. The number of nitrogens with one attached hydrogen (secondary N) is 1. The number of halogens is 2. The van der Waals surface area contributed by atoms with Gasteiger partial charge >= 0.3 is 0 Å². The van der Waals surface area contributed by atoms with Crippen LogP contribution in [-0.2, 0) is 6.54 Å². The normalized spacial score (nSPS) is 25.2. The van der Waals surface area contributed by atoms with E-state index in [0.29, 0.717) is 18.2 Å². The summed E-state index contributed by atoms with van der Waals surface area (Å²) >= 11 is 0. The minimum Gasteiger partial charge on any atom is -0.314 e. The van der Waals surface area contributed by atoms with Gasteiger partial charge < -0.3 is 5.32 Å². The lowest BCUT2D eigenvalue weighted by molar-refractivity contribution is 0.170. The van der Waals surface area contributed by atoms with Crippen LogP contribution in [0.5, 0.6) is 0 Å². The van der Waals surface area contributed by atoms with Crippen LogP contribution in [0.3, 0.4) is 0 Å². The fourth-order valence-electron chi connectivity index (χ4n) is 3.21. The van der Waals surface area contributed by atoms with Crippen molar-refractivity contribution in [3.63, 3.8) is 0 Å². The first-order valence-electron chi connectivity index (χ1n) is 7.33. The lowest BCUT2D eigenvalue weighted by Gasteiger charge is -2.32. The van der Waals surface area contributed by atoms with E-state index in [-0.39, 0.29) is 11.6 Å². The molecule has 1 atom stereocenters. The molecule has 2 heterocycles. The molecule has 0 aromatic heterocycles. The largest absolute Gasteiger partial charge is 0.314 e. The van der Waals surface area contributed by atoms with Gasteiger partial charge in [-0.15, -0.1) is 0 Å². The Bertz CT molecular complexity index is 460. The van der Waals surface area contributed by atoms with Crippen molar-refractivity contribution in [2.75, 3.05) is 39.3 Å². The Morgan fingerprint density at radius 3 is 2.75 bits per heavy atom. The third-order valence-electron chi connectivity index (χ3n) is 4.32. The Hall–Kier alpha value is -1.04.